The highest BCUT2D eigenvalue weighted by molar-refractivity contribution is 5.77. The molecule has 0 atom stereocenters. The molecule has 0 fully saturated rings. The molecule has 0 radical (unpaired) electrons. The summed E-state index contributed by atoms with van der Waals surface area (Å²) in [5.41, 5.74) is 0.365. The molecule has 1 N–H and O–H groups in total. The summed E-state index contributed by atoms with van der Waals surface area (Å²) in [5, 5.41) is 6.94. The van der Waals surface area contributed by atoms with Gasteiger partial charge in [-0.25, -0.2) is 8.78 Å². The third-order valence-corrected chi connectivity index (χ3v) is 2.72. The molecule has 0 aliphatic carbocycles. The van der Waals surface area contributed by atoms with E-state index >= 15 is 0 Å². The zero-order chi connectivity index (χ0) is 12.8. The van der Waals surface area contributed by atoms with Crippen LogP contribution < -0.4 is 0 Å². The highest BCUT2D eigenvalue weighted by Crippen LogP contribution is 2.15. The first-order chi connectivity index (χ1) is 8.10. The van der Waals surface area contributed by atoms with Gasteiger partial charge >= 0.3 is 0 Å². The van der Waals surface area contributed by atoms with Crippen molar-refractivity contribution in [1.29, 1.82) is 5.41 Å². The minimum Gasteiger partial charge on any atom is -0.308 e. The second-order valence-electron chi connectivity index (χ2n) is 4.14. The van der Waals surface area contributed by atoms with E-state index in [1.165, 1.54) is 6.07 Å². The van der Waals surface area contributed by atoms with E-state index in [0.29, 0.717) is 18.5 Å². The highest BCUT2D eigenvalue weighted by atomic mass is 19.2. The topological polar surface area (TPSA) is 27.1 Å². The summed E-state index contributed by atoms with van der Waals surface area (Å²) in [6.45, 7) is 3.73. The maximum Gasteiger partial charge on any atom is 0.167 e. The molecule has 0 heterocycles. The van der Waals surface area contributed by atoms with Gasteiger partial charge in [-0.3, -0.25) is 0 Å². The zero-order valence-electron chi connectivity index (χ0n) is 10.3. The molecule has 0 aromatic heterocycles. The van der Waals surface area contributed by atoms with Crippen LogP contribution in [0.15, 0.2) is 12.1 Å². The van der Waals surface area contributed by atoms with Crippen LogP contribution in [0.1, 0.15) is 24.5 Å². The fourth-order valence-corrected chi connectivity index (χ4v) is 1.71. The van der Waals surface area contributed by atoms with Crippen LogP contribution in [0.4, 0.5) is 8.78 Å². The van der Waals surface area contributed by atoms with E-state index in [4.69, 9.17) is 5.41 Å². The van der Waals surface area contributed by atoms with Crippen LogP contribution in [0.5, 0.6) is 0 Å². The summed E-state index contributed by atoms with van der Waals surface area (Å²) in [7, 11) is 1.96. The van der Waals surface area contributed by atoms with Gasteiger partial charge in [0.15, 0.2) is 11.6 Å². The van der Waals surface area contributed by atoms with Crippen LogP contribution in [0.3, 0.4) is 0 Å². The second kappa shape index (κ2) is 6.45. The molecule has 0 saturated heterocycles. The van der Waals surface area contributed by atoms with Crippen molar-refractivity contribution in [1.82, 2.24) is 4.90 Å². The maximum absolute atomic E-state index is 13.6. The molecule has 1 rings (SSSR count). The van der Waals surface area contributed by atoms with E-state index in [-0.39, 0.29) is 5.56 Å². The van der Waals surface area contributed by atoms with Gasteiger partial charge in [-0.05, 0) is 32.0 Å². The summed E-state index contributed by atoms with van der Waals surface area (Å²) in [6.07, 6.45) is 2.35. The third kappa shape index (κ3) is 3.60. The van der Waals surface area contributed by atoms with Gasteiger partial charge in [0.25, 0.3) is 0 Å². The average Bonchev–Trinajstić information content (AvgIpc) is 2.31. The van der Waals surface area contributed by atoms with Crippen molar-refractivity contribution in [3.05, 3.63) is 34.9 Å². The van der Waals surface area contributed by atoms with Crippen molar-refractivity contribution in [2.75, 3.05) is 20.1 Å². The molecule has 4 heteroatoms. The van der Waals surface area contributed by atoms with Crippen molar-refractivity contribution < 1.29 is 8.78 Å². The number of nitrogens with zero attached hydrogens (tertiary/aromatic N) is 1. The fourth-order valence-electron chi connectivity index (χ4n) is 1.71. The van der Waals surface area contributed by atoms with Gasteiger partial charge < -0.3 is 10.3 Å². The number of hydrogen-bond acceptors (Lipinski definition) is 2. The lowest BCUT2D eigenvalue weighted by Gasteiger charge is -2.15. The predicted molar refractivity (Wildman–Crippen MR) is 65.7 cm³/mol. The molecule has 0 aliphatic rings. The van der Waals surface area contributed by atoms with E-state index in [2.05, 4.69) is 11.8 Å². The largest absolute Gasteiger partial charge is 0.308 e. The lowest BCUT2D eigenvalue weighted by molar-refractivity contribution is 0.336. The fraction of sp³-hybridized carbons (Fsp3) is 0.462. The van der Waals surface area contributed by atoms with Crippen LogP contribution in [-0.2, 0) is 6.42 Å². The molecule has 1 aromatic rings. The summed E-state index contributed by atoms with van der Waals surface area (Å²) < 4.78 is 27.0. The van der Waals surface area contributed by atoms with Gasteiger partial charge in [0.1, 0.15) is 0 Å². The monoisotopic (exact) mass is 240 g/mol. The van der Waals surface area contributed by atoms with Crippen LogP contribution in [-0.4, -0.2) is 31.3 Å². The van der Waals surface area contributed by atoms with Gasteiger partial charge in [0, 0.05) is 18.3 Å². The minimum atomic E-state index is -0.921. The molecular formula is C13H18F2N2. The van der Waals surface area contributed by atoms with Crippen molar-refractivity contribution in [2.24, 2.45) is 0 Å². The van der Waals surface area contributed by atoms with E-state index in [1.54, 1.807) is 6.07 Å². The number of benzene rings is 1. The summed E-state index contributed by atoms with van der Waals surface area (Å²) in [5.74, 6) is -1.74. The van der Waals surface area contributed by atoms with Gasteiger partial charge in [-0.15, -0.1) is 0 Å². The number of hydrogen-bond donors (Lipinski definition) is 1. The Kier molecular flexibility index (Phi) is 5.22. The lowest BCUT2D eigenvalue weighted by atomic mass is 10.1. The normalized spacial score (nSPS) is 10.9. The van der Waals surface area contributed by atoms with E-state index < -0.39 is 11.6 Å². The standard InChI is InChI=1S/C13H18F2N2/c1-3-7-17(2)8-6-10-4-5-11(9-16)13(15)12(10)14/h4-5,9,16H,3,6-8H2,1-2H3. The first kappa shape index (κ1) is 13.8. The van der Waals surface area contributed by atoms with E-state index in [0.717, 1.165) is 19.2 Å². The maximum atomic E-state index is 13.6. The zero-order valence-corrected chi connectivity index (χ0v) is 10.3. The Balaban J connectivity index is 2.72. The van der Waals surface area contributed by atoms with Crippen molar-refractivity contribution >= 4 is 6.21 Å². The highest BCUT2D eigenvalue weighted by Gasteiger charge is 2.12. The lowest BCUT2D eigenvalue weighted by Crippen LogP contribution is -2.22. The summed E-state index contributed by atoms with van der Waals surface area (Å²) >= 11 is 0. The number of likely N-dealkylation sites (N-methyl/N-ethyl adjacent to an activating group) is 1. The van der Waals surface area contributed by atoms with Crippen LogP contribution in [0, 0.1) is 17.0 Å². The molecule has 2 nitrogen and oxygen atoms in total. The molecule has 17 heavy (non-hydrogen) atoms. The molecule has 0 spiro atoms. The van der Waals surface area contributed by atoms with Gasteiger partial charge in [-0.1, -0.05) is 19.1 Å². The molecule has 94 valence electrons. The molecule has 1 aromatic carbocycles. The Hall–Kier alpha value is -1.29. The average molecular weight is 240 g/mol. The van der Waals surface area contributed by atoms with Gasteiger partial charge in [0.05, 0.1) is 0 Å². The Bertz CT molecular complexity index is 391. The number of halogens is 2. The number of rotatable bonds is 6. The Labute approximate surface area is 101 Å². The first-order valence-electron chi connectivity index (χ1n) is 5.76. The smallest absolute Gasteiger partial charge is 0.167 e. The SMILES string of the molecule is CCCN(C)CCc1ccc(C=N)c(F)c1F. The summed E-state index contributed by atoms with van der Waals surface area (Å²) in [4.78, 5) is 2.09. The molecule has 0 saturated carbocycles. The van der Waals surface area contributed by atoms with Crippen molar-refractivity contribution in [3.8, 4) is 0 Å². The van der Waals surface area contributed by atoms with Gasteiger partial charge in [-0.2, -0.15) is 0 Å². The Morgan fingerprint density at radius 1 is 1.24 bits per heavy atom. The second-order valence-corrected chi connectivity index (χ2v) is 4.14. The first-order valence-corrected chi connectivity index (χ1v) is 5.76. The van der Waals surface area contributed by atoms with Crippen LogP contribution in [0.2, 0.25) is 0 Å². The number of nitrogens with one attached hydrogen (secondary N) is 1. The Morgan fingerprint density at radius 3 is 2.53 bits per heavy atom. The van der Waals surface area contributed by atoms with E-state index in [9.17, 15) is 8.78 Å². The minimum absolute atomic E-state index is 0.00633. The third-order valence-electron chi connectivity index (χ3n) is 2.72. The van der Waals surface area contributed by atoms with Crippen LogP contribution >= 0.6 is 0 Å². The predicted octanol–water partition coefficient (Wildman–Crippen LogP) is 2.85. The Morgan fingerprint density at radius 2 is 1.94 bits per heavy atom. The quantitative estimate of drug-likeness (QED) is 0.760. The molecular weight excluding hydrogens is 222 g/mol. The van der Waals surface area contributed by atoms with Crippen molar-refractivity contribution in [2.45, 2.75) is 19.8 Å². The molecule has 0 bridgehead atoms. The van der Waals surface area contributed by atoms with Gasteiger partial charge in [0.2, 0.25) is 0 Å². The summed E-state index contributed by atoms with van der Waals surface area (Å²) in [6, 6.07) is 3.00. The van der Waals surface area contributed by atoms with E-state index in [1.807, 2.05) is 7.05 Å². The molecule has 0 aliphatic heterocycles. The molecule has 0 unspecified atom stereocenters. The van der Waals surface area contributed by atoms with Crippen LogP contribution in [0.25, 0.3) is 0 Å². The van der Waals surface area contributed by atoms with Crippen molar-refractivity contribution in [3.63, 3.8) is 0 Å². The molecule has 0 amide bonds.